The molecule has 0 bridgehead atoms. The van der Waals surface area contributed by atoms with E-state index in [1.165, 1.54) is 28.8 Å². The lowest BCUT2D eigenvalue weighted by Crippen LogP contribution is -2.46. The number of carboxylic acid groups (broad SMARTS) is 1. The van der Waals surface area contributed by atoms with Crippen LogP contribution in [0.4, 0.5) is 10.5 Å². The Morgan fingerprint density at radius 1 is 1.08 bits per heavy atom. The molecule has 2 aromatic rings. The van der Waals surface area contributed by atoms with E-state index in [0.717, 1.165) is 51.3 Å². The average molecular weight is 493 g/mol. The molecule has 0 aromatic heterocycles. The summed E-state index contributed by atoms with van der Waals surface area (Å²) in [4.78, 5) is 27.9. The summed E-state index contributed by atoms with van der Waals surface area (Å²) in [6.07, 6.45) is 2.22. The second-order valence-corrected chi connectivity index (χ2v) is 11.5. The lowest BCUT2D eigenvalue weighted by molar-refractivity contribution is -0.000996. The number of carboxylic acids is 1. The van der Waals surface area contributed by atoms with E-state index in [1.807, 2.05) is 0 Å². The zero-order valence-electron chi connectivity index (χ0n) is 21.7. The molecule has 192 valence electrons. The molecule has 1 spiro atoms. The fourth-order valence-corrected chi connectivity index (χ4v) is 5.68. The Morgan fingerprint density at radius 2 is 1.78 bits per heavy atom. The van der Waals surface area contributed by atoms with Gasteiger partial charge in [0.15, 0.2) is 0 Å². The molecule has 3 heterocycles. The molecule has 5 rings (SSSR count). The predicted molar refractivity (Wildman–Crippen MR) is 138 cm³/mol. The molecule has 1 N–H and O–H groups in total. The average Bonchev–Trinajstić information content (AvgIpc) is 3.16. The Kier molecular flexibility index (Phi) is 6.23. The van der Waals surface area contributed by atoms with Crippen LogP contribution in [0.15, 0.2) is 36.4 Å². The topological polar surface area (TPSA) is 79.3 Å². The lowest BCUT2D eigenvalue weighted by Gasteiger charge is -2.38. The third-order valence-corrected chi connectivity index (χ3v) is 8.07. The van der Waals surface area contributed by atoms with Crippen molar-refractivity contribution in [2.24, 2.45) is 0 Å². The third kappa shape index (κ3) is 4.57. The quantitative estimate of drug-likeness (QED) is 0.589. The Morgan fingerprint density at radius 3 is 2.42 bits per heavy atom. The van der Waals surface area contributed by atoms with Gasteiger partial charge in [0.1, 0.15) is 11.4 Å². The summed E-state index contributed by atoms with van der Waals surface area (Å²) in [6, 6.07) is 11.0. The van der Waals surface area contributed by atoms with Gasteiger partial charge in [0.25, 0.3) is 0 Å². The molecule has 0 saturated carbocycles. The number of likely N-dealkylation sites (tertiary alicyclic amines) is 1. The Labute approximate surface area is 213 Å². The number of ether oxygens (including phenoxy) is 2. The molecule has 7 nitrogen and oxygen atoms in total. The van der Waals surface area contributed by atoms with E-state index in [4.69, 9.17) is 14.6 Å². The van der Waals surface area contributed by atoms with Gasteiger partial charge in [-0.05, 0) is 53.1 Å². The normalized spacial score (nSPS) is 20.8. The molecule has 0 radical (unpaired) electrons. The highest BCUT2D eigenvalue weighted by molar-refractivity contribution is 5.92. The highest BCUT2D eigenvalue weighted by atomic mass is 16.6. The van der Waals surface area contributed by atoms with Crippen molar-refractivity contribution in [1.29, 1.82) is 0 Å². The van der Waals surface area contributed by atoms with E-state index in [2.05, 4.69) is 44.7 Å². The Bertz CT molecular complexity index is 1160. The maximum atomic E-state index is 12.7. The van der Waals surface area contributed by atoms with Crippen molar-refractivity contribution in [3.05, 3.63) is 58.7 Å². The van der Waals surface area contributed by atoms with Crippen molar-refractivity contribution in [3.63, 3.8) is 0 Å². The number of hydrogen-bond acceptors (Lipinski definition) is 5. The number of rotatable bonds is 5. The zero-order chi connectivity index (χ0) is 25.7. The number of aromatic carboxylic acids is 1. The van der Waals surface area contributed by atoms with Crippen LogP contribution in [0.5, 0.6) is 5.75 Å². The minimum absolute atomic E-state index is 0.101. The second kappa shape index (κ2) is 9.11. The molecular formula is C29H36N2O5. The number of amides is 1. The van der Waals surface area contributed by atoms with Crippen LogP contribution in [-0.4, -0.2) is 53.9 Å². The van der Waals surface area contributed by atoms with E-state index in [9.17, 15) is 9.59 Å². The molecule has 0 aliphatic carbocycles. The number of benzene rings is 2. The standard InChI is InChI=1S/C29H36N2O5/c1-19(2)23-15-20(16-24-25(23)35-14-11-28(24,3)4)17-30-12-9-29(10-13-30)18-31(27(34)36-29)22-7-5-21(6-8-22)26(32)33/h5-8,15-16,19H,9-14,17-18H2,1-4H3,(H,32,33). The fraction of sp³-hybridized carbons (Fsp3) is 0.517. The first-order chi connectivity index (χ1) is 17.1. The summed E-state index contributed by atoms with van der Waals surface area (Å²) in [5.41, 5.74) is 4.40. The molecule has 2 fully saturated rings. The molecule has 2 aromatic carbocycles. The number of carbonyl (C=O) groups is 2. The largest absolute Gasteiger partial charge is 0.493 e. The molecular weight excluding hydrogens is 456 g/mol. The van der Waals surface area contributed by atoms with Gasteiger partial charge in [-0.15, -0.1) is 0 Å². The first-order valence-electron chi connectivity index (χ1n) is 12.9. The molecule has 2 saturated heterocycles. The van der Waals surface area contributed by atoms with Gasteiger partial charge in [-0.25, -0.2) is 9.59 Å². The first-order valence-corrected chi connectivity index (χ1v) is 12.9. The minimum atomic E-state index is -0.982. The summed E-state index contributed by atoms with van der Waals surface area (Å²) in [5, 5.41) is 9.13. The summed E-state index contributed by atoms with van der Waals surface area (Å²) in [5.74, 6) is 0.493. The van der Waals surface area contributed by atoms with E-state index >= 15 is 0 Å². The van der Waals surface area contributed by atoms with E-state index in [1.54, 1.807) is 17.0 Å². The molecule has 36 heavy (non-hydrogen) atoms. The molecule has 3 aliphatic heterocycles. The van der Waals surface area contributed by atoms with Gasteiger partial charge in [0, 0.05) is 43.7 Å². The second-order valence-electron chi connectivity index (χ2n) is 11.5. The minimum Gasteiger partial charge on any atom is -0.493 e. The highest BCUT2D eigenvalue weighted by Crippen LogP contribution is 2.44. The number of hydrogen-bond donors (Lipinski definition) is 1. The van der Waals surface area contributed by atoms with Crippen molar-refractivity contribution in [1.82, 2.24) is 4.90 Å². The van der Waals surface area contributed by atoms with Crippen molar-refractivity contribution in [3.8, 4) is 5.75 Å². The van der Waals surface area contributed by atoms with Crippen LogP contribution < -0.4 is 9.64 Å². The SMILES string of the molecule is CC(C)c1cc(CN2CCC3(CC2)CN(c2ccc(C(=O)O)cc2)C(=O)O3)cc2c1OCCC2(C)C. The zero-order valence-corrected chi connectivity index (χ0v) is 21.7. The van der Waals surface area contributed by atoms with Crippen LogP contribution >= 0.6 is 0 Å². The Balaban J connectivity index is 1.27. The van der Waals surface area contributed by atoms with Gasteiger partial charge in [0.05, 0.1) is 18.7 Å². The van der Waals surface area contributed by atoms with Crippen LogP contribution in [0.1, 0.15) is 79.9 Å². The smallest absolute Gasteiger partial charge is 0.415 e. The summed E-state index contributed by atoms with van der Waals surface area (Å²) in [6.45, 7) is 12.9. The molecule has 7 heteroatoms. The van der Waals surface area contributed by atoms with Crippen molar-refractivity contribution in [2.75, 3.05) is 31.1 Å². The molecule has 1 amide bonds. The summed E-state index contributed by atoms with van der Waals surface area (Å²) < 4.78 is 12.1. The van der Waals surface area contributed by atoms with Gasteiger partial charge in [0.2, 0.25) is 0 Å². The molecule has 0 atom stereocenters. The third-order valence-electron chi connectivity index (χ3n) is 8.07. The van der Waals surface area contributed by atoms with E-state index < -0.39 is 11.6 Å². The molecule has 3 aliphatic rings. The number of nitrogens with zero attached hydrogens (tertiary/aromatic N) is 2. The number of anilines is 1. The van der Waals surface area contributed by atoms with Gasteiger partial charge in [-0.2, -0.15) is 0 Å². The number of carbonyl (C=O) groups excluding carboxylic acids is 1. The maximum Gasteiger partial charge on any atom is 0.415 e. The van der Waals surface area contributed by atoms with Crippen LogP contribution in [0.3, 0.4) is 0 Å². The van der Waals surface area contributed by atoms with Crippen LogP contribution in [0.2, 0.25) is 0 Å². The Hall–Kier alpha value is -3.06. The van der Waals surface area contributed by atoms with E-state index in [0.29, 0.717) is 18.2 Å². The maximum absolute atomic E-state index is 12.7. The summed E-state index contributed by atoms with van der Waals surface area (Å²) >= 11 is 0. The van der Waals surface area contributed by atoms with E-state index in [-0.39, 0.29) is 17.1 Å². The fourth-order valence-electron chi connectivity index (χ4n) is 5.68. The first kappa shape index (κ1) is 24.6. The van der Waals surface area contributed by atoms with Gasteiger partial charge in [-0.3, -0.25) is 9.80 Å². The lowest BCUT2D eigenvalue weighted by atomic mass is 9.77. The molecule has 0 unspecified atom stereocenters. The highest BCUT2D eigenvalue weighted by Gasteiger charge is 2.47. The predicted octanol–water partition coefficient (Wildman–Crippen LogP) is 5.56. The van der Waals surface area contributed by atoms with Gasteiger partial charge < -0.3 is 14.6 Å². The van der Waals surface area contributed by atoms with Gasteiger partial charge in [-0.1, -0.05) is 39.8 Å². The van der Waals surface area contributed by atoms with Crippen molar-refractivity contribution < 1.29 is 24.2 Å². The monoisotopic (exact) mass is 492 g/mol. The summed E-state index contributed by atoms with van der Waals surface area (Å²) in [7, 11) is 0. The number of piperidine rings is 1. The van der Waals surface area contributed by atoms with Crippen LogP contribution in [-0.2, 0) is 16.7 Å². The van der Waals surface area contributed by atoms with Crippen LogP contribution in [0.25, 0.3) is 0 Å². The van der Waals surface area contributed by atoms with Gasteiger partial charge >= 0.3 is 12.1 Å². The van der Waals surface area contributed by atoms with Crippen LogP contribution in [0, 0.1) is 0 Å². The van der Waals surface area contributed by atoms with Crippen molar-refractivity contribution >= 4 is 17.7 Å². The number of fused-ring (bicyclic) bond motifs is 1. The van der Waals surface area contributed by atoms with Crippen molar-refractivity contribution in [2.45, 2.75) is 70.4 Å².